The predicted molar refractivity (Wildman–Crippen MR) is 62.2 cm³/mol. The van der Waals surface area contributed by atoms with Gasteiger partial charge in [0.15, 0.2) is 0 Å². The second-order valence-electron chi connectivity index (χ2n) is 5.93. The van der Waals surface area contributed by atoms with Crippen LogP contribution in [0.4, 0.5) is 0 Å². The summed E-state index contributed by atoms with van der Waals surface area (Å²) in [5.74, 6) is 4.00. The highest BCUT2D eigenvalue weighted by atomic mass is 14.5. The lowest BCUT2D eigenvalue weighted by Crippen LogP contribution is -2.26. The van der Waals surface area contributed by atoms with E-state index < -0.39 is 0 Å². The van der Waals surface area contributed by atoms with E-state index in [4.69, 9.17) is 0 Å². The molecule has 80 valence electrons. The summed E-state index contributed by atoms with van der Waals surface area (Å²) in [6.45, 7) is 9.43. The Bertz CT molecular complexity index is 227. The van der Waals surface area contributed by atoms with Gasteiger partial charge in [-0.3, -0.25) is 0 Å². The van der Waals surface area contributed by atoms with Gasteiger partial charge >= 0.3 is 0 Å². The van der Waals surface area contributed by atoms with Gasteiger partial charge in [-0.1, -0.05) is 25.0 Å². The van der Waals surface area contributed by atoms with Crippen LogP contribution in [0.3, 0.4) is 0 Å². The second kappa shape index (κ2) is 3.72. The van der Waals surface area contributed by atoms with Crippen molar-refractivity contribution in [2.75, 3.05) is 0 Å². The molecule has 2 atom stereocenters. The first-order valence-electron chi connectivity index (χ1n) is 6.24. The summed E-state index contributed by atoms with van der Waals surface area (Å²) >= 11 is 0. The second-order valence-corrected chi connectivity index (χ2v) is 5.93. The van der Waals surface area contributed by atoms with Gasteiger partial charge in [-0.15, -0.1) is 0 Å². The van der Waals surface area contributed by atoms with E-state index in [1.54, 1.807) is 11.1 Å². The number of allylic oxidation sites excluding steroid dienone is 2. The minimum Gasteiger partial charge on any atom is -0.0772 e. The first-order chi connectivity index (χ1) is 6.59. The summed E-state index contributed by atoms with van der Waals surface area (Å²) < 4.78 is 0. The van der Waals surface area contributed by atoms with Crippen molar-refractivity contribution in [1.29, 1.82) is 0 Å². The molecule has 0 aromatic heterocycles. The fourth-order valence-electron chi connectivity index (χ4n) is 3.89. The molecule has 0 aliphatic heterocycles. The molecule has 2 aliphatic carbocycles. The van der Waals surface area contributed by atoms with Crippen molar-refractivity contribution < 1.29 is 0 Å². The quantitative estimate of drug-likeness (QED) is 0.540. The molecule has 2 bridgehead atoms. The molecule has 0 saturated heterocycles. The molecule has 0 aromatic rings. The summed E-state index contributed by atoms with van der Waals surface area (Å²) in [6, 6.07) is 0. The van der Waals surface area contributed by atoms with Gasteiger partial charge in [-0.05, 0) is 63.2 Å². The van der Waals surface area contributed by atoms with E-state index in [-0.39, 0.29) is 0 Å². The van der Waals surface area contributed by atoms with Crippen molar-refractivity contribution in [1.82, 2.24) is 0 Å². The Hall–Kier alpha value is -0.260. The maximum absolute atomic E-state index is 2.42. The number of fused-ring (bicyclic) bond motifs is 2. The minimum absolute atomic E-state index is 0.909. The Morgan fingerprint density at radius 2 is 1.57 bits per heavy atom. The van der Waals surface area contributed by atoms with Crippen LogP contribution < -0.4 is 0 Å². The molecule has 2 aliphatic rings. The van der Waals surface area contributed by atoms with Gasteiger partial charge in [0.25, 0.3) is 0 Å². The van der Waals surface area contributed by atoms with E-state index in [0.29, 0.717) is 0 Å². The molecule has 0 nitrogen and oxygen atoms in total. The average molecular weight is 192 g/mol. The predicted octanol–water partition coefficient (Wildman–Crippen LogP) is 4.42. The van der Waals surface area contributed by atoms with Crippen LogP contribution in [-0.4, -0.2) is 0 Å². The van der Waals surface area contributed by atoms with Crippen LogP contribution in [0.1, 0.15) is 53.4 Å². The molecule has 0 aromatic carbocycles. The maximum atomic E-state index is 2.42. The highest BCUT2D eigenvalue weighted by Gasteiger charge is 2.41. The molecule has 0 radical (unpaired) electrons. The van der Waals surface area contributed by atoms with Gasteiger partial charge in [-0.25, -0.2) is 0 Å². The van der Waals surface area contributed by atoms with Crippen molar-refractivity contribution in [2.24, 2.45) is 23.7 Å². The summed E-state index contributed by atoms with van der Waals surface area (Å²) in [6.07, 6.45) is 5.85. The van der Waals surface area contributed by atoms with E-state index in [1.807, 2.05) is 0 Å². The Morgan fingerprint density at radius 1 is 1.07 bits per heavy atom. The summed E-state index contributed by atoms with van der Waals surface area (Å²) in [7, 11) is 0. The van der Waals surface area contributed by atoms with Crippen molar-refractivity contribution in [3.05, 3.63) is 11.1 Å². The molecule has 2 fully saturated rings. The fraction of sp³-hybridized carbons (Fsp3) is 0.857. The van der Waals surface area contributed by atoms with Crippen molar-refractivity contribution >= 4 is 0 Å². The van der Waals surface area contributed by atoms with Gasteiger partial charge < -0.3 is 0 Å². The van der Waals surface area contributed by atoms with E-state index in [2.05, 4.69) is 27.7 Å². The Balaban J connectivity index is 2.16. The third kappa shape index (κ3) is 1.64. The summed E-state index contributed by atoms with van der Waals surface area (Å²) in [4.78, 5) is 0. The summed E-state index contributed by atoms with van der Waals surface area (Å²) in [5.41, 5.74) is 3.39. The van der Waals surface area contributed by atoms with Crippen LogP contribution in [0, 0.1) is 23.7 Å². The van der Waals surface area contributed by atoms with Gasteiger partial charge in [0, 0.05) is 0 Å². The molecule has 0 heterocycles. The lowest BCUT2D eigenvalue weighted by molar-refractivity contribution is 0.200. The molecule has 14 heavy (non-hydrogen) atoms. The molecule has 2 rings (SSSR count). The van der Waals surface area contributed by atoms with Gasteiger partial charge in [0.2, 0.25) is 0 Å². The van der Waals surface area contributed by atoms with Crippen LogP contribution in [0.5, 0.6) is 0 Å². The normalized spacial score (nSPS) is 36.6. The molecular formula is C14H24. The maximum Gasteiger partial charge on any atom is -0.0286 e. The number of rotatable bonds is 1. The SMILES string of the molecule is CC(C)=C1CC2CCC(C1)C2C(C)C. The molecule has 2 saturated carbocycles. The largest absolute Gasteiger partial charge is 0.0772 e. The van der Waals surface area contributed by atoms with Crippen molar-refractivity contribution in [3.8, 4) is 0 Å². The third-order valence-electron chi connectivity index (χ3n) is 4.49. The number of hydrogen-bond donors (Lipinski definition) is 0. The lowest BCUT2D eigenvalue weighted by Gasteiger charge is -2.35. The first kappa shape index (κ1) is 10.3. The standard InChI is InChI=1S/C14H24/c1-9(2)13-7-11-5-6-12(8-13)14(11)10(3)4/h10-12,14H,5-8H2,1-4H3. The van der Waals surface area contributed by atoms with E-state index >= 15 is 0 Å². The average Bonchev–Trinajstić information content (AvgIpc) is 2.37. The Labute approximate surface area is 88.8 Å². The molecule has 0 N–H and O–H groups in total. The molecule has 0 amide bonds. The van der Waals surface area contributed by atoms with Crippen LogP contribution >= 0.6 is 0 Å². The zero-order valence-electron chi connectivity index (χ0n) is 10.1. The highest BCUT2D eigenvalue weighted by Crippen LogP contribution is 2.52. The van der Waals surface area contributed by atoms with Crippen LogP contribution in [0.15, 0.2) is 11.1 Å². The first-order valence-corrected chi connectivity index (χ1v) is 6.24. The van der Waals surface area contributed by atoms with Crippen molar-refractivity contribution in [2.45, 2.75) is 53.4 Å². The topological polar surface area (TPSA) is 0 Å². The monoisotopic (exact) mass is 192 g/mol. The highest BCUT2D eigenvalue weighted by molar-refractivity contribution is 5.17. The van der Waals surface area contributed by atoms with Gasteiger partial charge in [-0.2, -0.15) is 0 Å². The van der Waals surface area contributed by atoms with E-state index in [1.165, 1.54) is 25.7 Å². The lowest BCUT2D eigenvalue weighted by atomic mass is 9.70. The molecule has 0 heteroatoms. The number of hydrogen-bond acceptors (Lipinski definition) is 0. The summed E-state index contributed by atoms with van der Waals surface area (Å²) in [5, 5.41) is 0. The Kier molecular flexibility index (Phi) is 2.72. The smallest absolute Gasteiger partial charge is 0.0286 e. The minimum atomic E-state index is 0.909. The van der Waals surface area contributed by atoms with Crippen LogP contribution in [-0.2, 0) is 0 Å². The molecule has 0 spiro atoms. The van der Waals surface area contributed by atoms with Gasteiger partial charge in [0.05, 0.1) is 0 Å². The van der Waals surface area contributed by atoms with Gasteiger partial charge in [0.1, 0.15) is 0 Å². The molecule has 2 unspecified atom stereocenters. The van der Waals surface area contributed by atoms with E-state index in [9.17, 15) is 0 Å². The Morgan fingerprint density at radius 3 is 1.93 bits per heavy atom. The fourth-order valence-corrected chi connectivity index (χ4v) is 3.89. The van der Waals surface area contributed by atoms with Crippen LogP contribution in [0.2, 0.25) is 0 Å². The zero-order valence-corrected chi connectivity index (χ0v) is 10.1. The van der Waals surface area contributed by atoms with Crippen molar-refractivity contribution in [3.63, 3.8) is 0 Å². The van der Waals surface area contributed by atoms with Crippen LogP contribution in [0.25, 0.3) is 0 Å². The van der Waals surface area contributed by atoms with E-state index in [0.717, 1.165) is 23.7 Å². The third-order valence-corrected chi connectivity index (χ3v) is 4.49. The molecular weight excluding hydrogens is 168 g/mol. The zero-order chi connectivity index (χ0) is 10.3.